The Balaban J connectivity index is 0.000000194. The highest BCUT2D eigenvalue weighted by Gasteiger charge is 2.25. The maximum Gasteiger partial charge on any atom is 0.147 e. The summed E-state index contributed by atoms with van der Waals surface area (Å²) in [7, 11) is 0. The van der Waals surface area contributed by atoms with E-state index in [1.54, 1.807) is 31.0 Å². The standard InChI is InChI=1S/C9H13FN4.C4H3ClN2/c10-7-3-8(11)6-14(5-7)9-4-12-1-2-13-9;5-4-3-6-1-2-7-4/h1-2,4,7-8H,3,5-6,11H2;1-3H/t7-,8-;/m0./s1. The van der Waals surface area contributed by atoms with E-state index in [1.807, 2.05) is 4.90 Å². The van der Waals surface area contributed by atoms with Crippen LogP contribution in [0, 0.1) is 0 Å². The third kappa shape index (κ3) is 5.20. The van der Waals surface area contributed by atoms with Crippen LogP contribution in [0.25, 0.3) is 0 Å². The smallest absolute Gasteiger partial charge is 0.147 e. The summed E-state index contributed by atoms with van der Waals surface area (Å²) in [5.41, 5.74) is 5.72. The molecule has 2 aromatic heterocycles. The van der Waals surface area contributed by atoms with Gasteiger partial charge in [-0.25, -0.2) is 14.4 Å². The van der Waals surface area contributed by atoms with E-state index < -0.39 is 6.17 Å². The molecule has 21 heavy (non-hydrogen) atoms. The SMILES string of the molecule is Clc1cnccn1.N[C@H]1C[C@H](F)CN(c2cnccn2)C1. The molecule has 3 heterocycles. The molecule has 6 nitrogen and oxygen atoms in total. The summed E-state index contributed by atoms with van der Waals surface area (Å²) >= 11 is 5.37. The predicted octanol–water partition coefficient (Wildman–Crippen LogP) is 1.48. The molecule has 0 spiro atoms. The molecule has 0 radical (unpaired) electrons. The van der Waals surface area contributed by atoms with Crippen LogP contribution < -0.4 is 10.6 Å². The monoisotopic (exact) mass is 310 g/mol. The fraction of sp³-hybridized carbons (Fsp3) is 0.385. The Morgan fingerprint density at radius 3 is 2.29 bits per heavy atom. The highest BCUT2D eigenvalue weighted by atomic mass is 35.5. The van der Waals surface area contributed by atoms with Crippen LogP contribution in [0.15, 0.2) is 37.2 Å². The third-order valence-electron chi connectivity index (χ3n) is 2.84. The van der Waals surface area contributed by atoms with Crippen molar-refractivity contribution in [2.75, 3.05) is 18.0 Å². The lowest BCUT2D eigenvalue weighted by atomic mass is 10.1. The number of alkyl halides is 1. The third-order valence-corrected chi connectivity index (χ3v) is 3.03. The normalized spacial score (nSPS) is 21.4. The molecule has 0 bridgehead atoms. The Morgan fingerprint density at radius 1 is 1.10 bits per heavy atom. The van der Waals surface area contributed by atoms with Gasteiger partial charge in [0.25, 0.3) is 0 Å². The van der Waals surface area contributed by atoms with Crippen molar-refractivity contribution < 1.29 is 4.39 Å². The molecule has 1 fully saturated rings. The number of nitrogens with two attached hydrogens (primary N) is 1. The summed E-state index contributed by atoms with van der Waals surface area (Å²) in [6.45, 7) is 1.02. The van der Waals surface area contributed by atoms with Crippen LogP contribution in [-0.2, 0) is 0 Å². The van der Waals surface area contributed by atoms with E-state index in [9.17, 15) is 4.39 Å². The molecule has 1 aliphatic rings. The Morgan fingerprint density at radius 2 is 1.81 bits per heavy atom. The zero-order valence-electron chi connectivity index (χ0n) is 11.3. The molecule has 2 atom stereocenters. The maximum absolute atomic E-state index is 13.2. The Hall–Kier alpha value is -1.86. The lowest BCUT2D eigenvalue weighted by Gasteiger charge is -2.33. The van der Waals surface area contributed by atoms with Gasteiger partial charge in [0.15, 0.2) is 0 Å². The maximum atomic E-state index is 13.2. The van der Waals surface area contributed by atoms with E-state index in [0.717, 1.165) is 0 Å². The number of nitrogens with zero attached hydrogens (tertiary/aromatic N) is 5. The van der Waals surface area contributed by atoms with Crippen molar-refractivity contribution >= 4 is 17.4 Å². The highest BCUT2D eigenvalue weighted by Crippen LogP contribution is 2.17. The van der Waals surface area contributed by atoms with E-state index in [1.165, 1.54) is 6.20 Å². The van der Waals surface area contributed by atoms with Gasteiger partial charge in [-0.05, 0) is 6.42 Å². The first-order chi connectivity index (χ1) is 10.1. The van der Waals surface area contributed by atoms with E-state index >= 15 is 0 Å². The molecule has 0 unspecified atom stereocenters. The minimum Gasteiger partial charge on any atom is -0.351 e. The summed E-state index contributed by atoms with van der Waals surface area (Å²) in [5, 5.41) is 0.433. The number of hydrogen-bond donors (Lipinski definition) is 1. The van der Waals surface area contributed by atoms with Gasteiger partial charge in [-0.2, -0.15) is 0 Å². The van der Waals surface area contributed by atoms with Crippen LogP contribution >= 0.6 is 11.6 Å². The average molecular weight is 311 g/mol. The molecule has 0 aliphatic carbocycles. The van der Waals surface area contributed by atoms with E-state index in [-0.39, 0.29) is 6.04 Å². The number of piperidine rings is 1. The van der Waals surface area contributed by atoms with Crippen molar-refractivity contribution in [3.05, 3.63) is 42.3 Å². The van der Waals surface area contributed by atoms with Gasteiger partial charge < -0.3 is 10.6 Å². The molecule has 2 aromatic rings. The summed E-state index contributed by atoms with van der Waals surface area (Å²) in [6.07, 6.45) is 9.01. The second kappa shape index (κ2) is 7.80. The fourth-order valence-corrected chi connectivity index (χ4v) is 2.11. The lowest BCUT2D eigenvalue weighted by Crippen LogP contribution is -2.48. The number of halogens is 2. The van der Waals surface area contributed by atoms with Crippen LogP contribution in [0.5, 0.6) is 0 Å². The molecule has 8 heteroatoms. The second-order valence-corrected chi connectivity index (χ2v) is 4.98. The molecule has 1 saturated heterocycles. The van der Waals surface area contributed by atoms with Crippen LogP contribution in [0.3, 0.4) is 0 Å². The van der Waals surface area contributed by atoms with E-state index in [2.05, 4.69) is 19.9 Å². The minimum absolute atomic E-state index is 0.110. The molecule has 112 valence electrons. The summed E-state index contributed by atoms with van der Waals surface area (Å²) in [5.74, 6) is 0.699. The van der Waals surface area contributed by atoms with Crippen LogP contribution in [-0.4, -0.2) is 45.2 Å². The largest absolute Gasteiger partial charge is 0.351 e. The van der Waals surface area contributed by atoms with Gasteiger partial charge in [0, 0.05) is 37.4 Å². The molecular weight excluding hydrogens is 295 g/mol. The van der Waals surface area contributed by atoms with Gasteiger partial charge >= 0.3 is 0 Å². The van der Waals surface area contributed by atoms with Gasteiger partial charge in [0.1, 0.15) is 17.1 Å². The van der Waals surface area contributed by atoms with Crippen molar-refractivity contribution in [2.45, 2.75) is 18.6 Å². The second-order valence-electron chi connectivity index (χ2n) is 4.59. The number of rotatable bonds is 1. The first kappa shape index (κ1) is 15.5. The molecule has 1 aliphatic heterocycles. The van der Waals surface area contributed by atoms with Gasteiger partial charge in [-0.15, -0.1) is 0 Å². The Kier molecular flexibility index (Phi) is 5.77. The summed E-state index contributed by atoms with van der Waals surface area (Å²) in [6, 6.07) is -0.110. The Labute approximate surface area is 127 Å². The van der Waals surface area contributed by atoms with Crippen LogP contribution in [0.1, 0.15) is 6.42 Å². The first-order valence-electron chi connectivity index (χ1n) is 6.47. The topological polar surface area (TPSA) is 80.8 Å². The number of hydrogen-bond acceptors (Lipinski definition) is 6. The van der Waals surface area contributed by atoms with Crippen molar-refractivity contribution in [3.8, 4) is 0 Å². The molecule has 0 aromatic carbocycles. The first-order valence-corrected chi connectivity index (χ1v) is 6.85. The summed E-state index contributed by atoms with van der Waals surface area (Å²) in [4.78, 5) is 17.3. The van der Waals surface area contributed by atoms with Gasteiger partial charge in [-0.3, -0.25) is 9.97 Å². The molecular formula is C13H16ClFN6. The van der Waals surface area contributed by atoms with Gasteiger partial charge in [0.05, 0.1) is 18.9 Å². The highest BCUT2D eigenvalue weighted by molar-refractivity contribution is 6.29. The predicted molar refractivity (Wildman–Crippen MR) is 78.8 cm³/mol. The molecule has 0 saturated carbocycles. The van der Waals surface area contributed by atoms with E-state index in [4.69, 9.17) is 17.3 Å². The summed E-state index contributed by atoms with van der Waals surface area (Å²) < 4.78 is 13.2. The van der Waals surface area contributed by atoms with Crippen LogP contribution in [0.2, 0.25) is 5.15 Å². The van der Waals surface area contributed by atoms with Crippen molar-refractivity contribution in [1.82, 2.24) is 19.9 Å². The van der Waals surface area contributed by atoms with E-state index in [0.29, 0.717) is 30.5 Å². The minimum atomic E-state index is -0.860. The van der Waals surface area contributed by atoms with Crippen molar-refractivity contribution in [1.29, 1.82) is 0 Å². The van der Waals surface area contributed by atoms with Crippen LogP contribution in [0.4, 0.5) is 10.2 Å². The zero-order chi connectivity index (χ0) is 15.1. The quantitative estimate of drug-likeness (QED) is 0.859. The average Bonchev–Trinajstić information content (AvgIpc) is 2.49. The fourth-order valence-electron chi connectivity index (χ4n) is 2.00. The number of aromatic nitrogens is 4. The van der Waals surface area contributed by atoms with Gasteiger partial charge in [0.2, 0.25) is 0 Å². The van der Waals surface area contributed by atoms with Crippen molar-refractivity contribution in [3.63, 3.8) is 0 Å². The van der Waals surface area contributed by atoms with Gasteiger partial charge in [-0.1, -0.05) is 11.6 Å². The zero-order valence-corrected chi connectivity index (χ0v) is 12.1. The molecule has 2 N–H and O–H groups in total. The molecule has 3 rings (SSSR count). The molecule has 0 amide bonds. The van der Waals surface area contributed by atoms with Crippen molar-refractivity contribution in [2.24, 2.45) is 5.73 Å². The Bertz CT molecular complexity index is 519. The lowest BCUT2D eigenvalue weighted by molar-refractivity contribution is 0.268. The number of anilines is 1.